The van der Waals surface area contributed by atoms with Gasteiger partial charge in [0.1, 0.15) is 4.21 Å². The Labute approximate surface area is 125 Å². The monoisotopic (exact) mass is 314 g/mol. The molecule has 0 radical (unpaired) electrons. The third kappa shape index (κ3) is 4.04. The summed E-state index contributed by atoms with van der Waals surface area (Å²) in [4.78, 5) is 0. The normalized spacial score (nSPS) is 21.1. The molecule has 20 heavy (non-hydrogen) atoms. The second-order valence-electron chi connectivity index (χ2n) is 6.13. The highest BCUT2D eigenvalue weighted by molar-refractivity contribution is 7.91. The van der Waals surface area contributed by atoms with E-state index < -0.39 is 10.0 Å². The summed E-state index contributed by atoms with van der Waals surface area (Å²) in [6.45, 7) is 2.73. The van der Waals surface area contributed by atoms with E-state index in [9.17, 15) is 8.42 Å². The molecular weight excluding hydrogens is 292 g/mol. The van der Waals surface area contributed by atoms with E-state index in [1.165, 1.54) is 37.0 Å². The minimum atomic E-state index is -3.34. The molecule has 0 saturated heterocycles. The Bertz CT molecular complexity index is 559. The zero-order chi connectivity index (χ0) is 14.2. The van der Waals surface area contributed by atoms with Gasteiger partial charge in [0.05, 0.1) is 0 Å². The smallest absolute Gasteiger partial charge is 0.250 e. The van der Waals surface area contributed by atoms with Crippen molar-refractivity contribution in [1.29, 1.82) is 0 Å². The van der Waals surface area contributed by atoms with Crippen LogP contribution in [0.1, 0.15) is 44.6 Å². The molecule has 1 aromatic rings. The van der Waals surface area contributed by atoms with Crippen LogP contribution >= 0.6 is 11.3 Å². The molecule has 6 heteroatoms. The lowest BCUT2D eigenvalue weighted by molar-refractivity contribution is 0.531. The first-order chi connectivity index (χ1) is 9.53. The van der Waals surface area contributed by atoms with Crippen LogP contribution in [0.3, 0.4) is 0 Å². The number of thiophene rings is 1. The molecule has 2 N–H and O–H groups in total. The quantitative estimate of drug-likeness (QED) is 0.775. The molecule has 2 fully saturated rings. The van der Waals surface area contributed by atoms with E-state index >= 15 is 0 Å². The Balaban J connectivity index is 1.57. The van der Waals surface area contributed by atoms with E-state index in [1.807, 2.05) is 12.3 Å². The summed E-state index contributed by atoms with van der Waals surface area (Å²) in [5, 5.41) is 5.34. The van der Waals surface area contributed by atoms with Crippen molar-refractivity contribution in [1.82, 2.24) is 10.0 Å². The van der Waals surface area contributed by atoms with Crippen LogP contribution in [-0.4, -0.2) is 20.5 Å². The van der Waals surface area contributed by atoms with Gasteiger partial charge in [-0.2, -0.15) is 0 Å². The molecule has 0 spiro atoms. The summed E-state index contributed by atoms with van der Waals surface area (Å²) in [6, 6.07) is 2.47. The molecule has 0 aromatic carbocycles. The van der Waals surface area contributed by atoms with E-state index in [1.54, 1.807) is 6.07 Å². The van der Waals surface area contributed by atoms with Gasteiger partial charge < -0.3 is 5.32 Å². The molecule has 112 valence electrons. The van der Waals surface area contributed by atoms with E-state index in [0.717, 1.165) is 24.4 Å². The van der Waals surface area contributed by atoms with Gasteiger partial charge in [-0.05, 0) is 49.1 Å². The molecule has 0 aliphatic heterocycles. The third-order valence-corrected chi connectivity index (χ3v) is 6.88. The summed E-state index contributed by atoms with van der Waals surface area (Å²) in [6.07, 6.45) is 5.95. The number of hydrogen-bond acceptors (Lipinski definition) is 4. The summed E-state index contributed by atoms with van der Waals surface area (Å²) in [5.41, 5.74) is 1.07. The van der Waals surface area contributed by atoms with Gasteiger partial charge in [0.2, 0.25) is 10.0 Å². The highest BCUT2D eigenvalue weighted by Gasteiger charge is 2.27. The maximum Gasteiger partial charge on any atom is 0.250 e. The molecule has 2 saturated carbocycles. The van der Waals surface area contributed by atoms with Crippen molar-refractivity contribution >= 4 is 21.4 Å². The van der Waals surface area contributed by atoms with Crippen LogP contribution in [0, 0.1) is 5.92 Å². The summed E-state index contributed by atoms with van der Waals surface area (Å²) >= 11 is 1.31. The Kier molecular flexibility index (Phi) is 4.17. The minimum Gasteiger partial charge on any atom is -0.310 e. The molecule has 4 nitrogen and oxygen atoms in total. The molecule has 1 unspecified atom stereocenters. The lowest BCUT2D eigenvalue weighted by Crippen LogP contribution is -2.32. The van der Waals surface area contributed by atoms with Gasteiger partial charge in [-0.1, -0.05) is 12.8 Å². The minimum absolute atomic E-state index is 0.0302. The van der Waals surface area contributed by atoms with E-state index in [2.05, 4.69) is 10.0 Å². The molecule has 1 aromatic heterocycles. The first-order valence-corrected chi connectivity index (χ1v) is 9.72. The molecular formula is C14H22N2O2S2. The maximum atomic E-state index is 12.3. The fourth-order valence-electron chi connectivity index (χ4n) is 2.36. The number of hydrogen-bond donors (Lipinski definition) is 2. The van der Waals surface area contributed by atoms with E-state index in [-0.39, 0.29) is 6.04 Å². The van der Waals surface area contributed by atoms with Gasteiger partial charge in [0.15, 0.2) is 0 Å². The summed E-state index contributed by atoms with van der Waals surface area (Å²) in [7, 11) is -3.34. The first kappa shape index (κ1) is 14.5. The molecule has 0 bridgehead atoms. The fraction of sp³-hybridized carbons (Fsp3) is 0.714. The van der Waals surface area contributed by atoms with E-state index in [4.69, 9.17) is 0 Å². The van der Waals surface area contributed by atoms with Crippen molar-refractivity contribution in [3.63, 3.8) is 0 Å². The second-order valence-corrected chi connectivity index (χ2v) is 8.98. The van der Waals surface area contributed by atoms with Crippen molar-refractivity contribution in [2.24, 2.45) is 5.92 Å². The van der Waals surface area contributed by atoms with Crippen molar-refractivity contribution in [2.75, 3.05) is 0 Å². The Morgan fingerprint density at radius 2 is 2.10 bits per heavy atom. The number of rotatable bonds is 8. The van der Waals surface area contributed by atoms with Crippen LogP contribution in [0.15, 0.2) is 15.7 Å². The lowest BCUT2D eigenvalue weighted by atomic mass is 10.2. The Hall–Kier alpha value is -0.430. The van der Waals surface area contributed by atoms with E-state index in [0.29, 0.717) is 10.3 Å². The van der Waals surface area contributed by atoms with Crippen LogP contribution in [0.4, 0.5) is 0 Å². The van der Waals surface area contributed by atoms with Crippen LogP contribution < -0.4 is 10.0 Å². The summed E-state index contributed by atoms with van der Waals surface area (Å²) < 4.78 is 27.8. The van der Waals surface area contributed by atoms with Crippen molar-refractivity contribution < 1.29 is 8.42 Å². The topological polar surface area (TPSA) is 58.2 Å². The Morgan fingerprint density at radius 1 is 1.35 bits per heavy atom. The van der Waals surface area contributed by atoms with Crippen LogP contribution in [-0.2, 0) is 16.6 Å². The van der Waals surface area contributed by atoms with Crippen molar-refractivity contribution in [3.05, 3.63) is 17.0 Å². The van der Waals surface area contributed by atoms with Gasteiger partial charge in [-0.25, -0.2) is 13.1 Å². The predicted molar refractivity (Wildman–Crippen MR) is 81.3 cm³/mol. The largest absolute Gasteiger partial charge is 0.310 e. The average molecular weight is 314 g/mol. The molecule has 2 aliphatic rings. The second kappa shape index (κ2) is 5.75. The first-order valence-electron chi connectivity index (χ1n) is 7.36. The zero-order valence-corrected chi connectivity index (χ0v) is 13.4. The van der Waals surface area contributed by atoms with Crippen LogP contribution in [0.5, 0.6) is 0 Å². The van der Waals surface area contributed by atoms with Crippen LogP contribution in [0.2, 0.25) is 0 Å². The number of nitrogens with one attached hydrogen (secondary N) is 2. The summed E-state index contributed by atoms with van der Waals surface area (Å²) in [5.74, 6) is 0.731. The van der Waals surface area contributed by atoms with Gasteiger partial charge >= 0.3 is 0 Å². The molecule has 2 aliphatic carbocycles. The molecule has 0 amide bonds. The van der Waals surface area contributed by atoms with Gasteiger partial charge in [-0.3, -0.25) is 0 Å². The highest BCUT2D eigenvalue weighted by Crippen LogP contribution is 2.33. The lowest BCUT2D eigenvalue weighted by Gasteiger charge is -2.12. The van der Waals surface area contributed by atoms with Gasteiger partial charge in [0, 0.05) is 18.6 Å². The molecule has 3 rings (SSSR count). The zero-order valence-electron chi connectivity index (χ0n) is 11.8. The number of sulfonamides is 1. The van der Waals surface area contributed by atoms with Crippen molar-refractivity contribution in [3.8, 4) is 0 Å². The standard InChI is InChI=1S/C14H22N2O2S2/c1-10(6-11-2-3-11)16-20(17,18)14-7-12(9-19-14)8-15-13-4-5-13/h7,9-11,13,15-16H,2-6,8H2,1H3. The van der Waals surface area contributed by atoms with Crippen LogP contribution in [0.25, 0.3) is 0 Å². The van der Waals surface area contributed by atoms with Gasteiger partial charge in [0.25, 0.3) is 0 Å². The highest BCUT2D eigenvalue weighted by atomic mass is 32.2. The third-order valence-electron chi connectivity index (χ3n) is 3.81. The fourth-order valence-corrected chi connectivity index (χ4v) is 4.84. The predicted octanol–water partition coefficient (Wildman–Crippen LogP) is 2.47. The average Bonchev–Trinajstić information content (AvgIpc) is 3.28. The van der Waals surface area contributed by atoms with Crippen molar-refractivity contribution in [2.45, 2.75) is 61.9 Å². The molecule has 1 atom stereocenters. The van der Waals surface area contributed by atoms with Gasteiger partial charge in [-0.15, -0.1) is 11.3 Å². The maximum absolute atomic E-state index is 12.3. The molecule has 1 heterocycles. The SMILES string of the molecule is CC(CC1CC1)NS(=O)(=O)c1cc(CNC2CC2)cs1. The Morgan fingerprint density at radius 3 is 2.75 bits per heavy atom.